The lowest BCUT2D eigenvalue weighted by molar-refractivity contribution is -0.669. The zero-order valence-electron chi connectivity index (χ0n) is 13.4. The molecule has 0 radical (unpaired) electrons. The van der Waals surface area contributed by atoms with Crippen molar-refractivity contribution < 1.29 is 38.0 Å². The van der Waals surface area contributed by atoms with Crippen molar-refractivity contribution >= 4 is 23.1 Å². The van der Waals surface area contributed by atoms with E-state index in [9.17, 15) is 0 Å². The molecular weight excluding hydrogens is 413 g/mol. The highest BCUT2D eigenvalue weighted by Crippen LogP contribution is 2.32. The molecule has 0 saturated carbocycles. The minimum absolute atomic E-state index is 0. The summed E-state index contributed by atoms with van der Waals surface area (Å²) >= 11 is 0. The molecular formula is C20H18INO2. The summed E-state index contributed by atoms with van der Waals surface area (Å²) in [4.78, 5) is 0. The van der Waals surface area contributed by atoms with Gasteiger partial charge < -0.3 is 33.5 Å². The average Bonchev–Trinajstić information content (AvgIpc) is 3.07. The average molecular weight is 431 g/mol. The van der Waals surface area contributed by atoms with Gasteiger partial charge >= 0.3 is 0 Å². The molecule has 4 heteroatoms. The smallest absolute Gasteiger partial charge is 0.231 e. The number of aromatic nitrogens is 1. The molecule has 0 atom stereocenters. The molecule has 0 aliphatic carbocycles. The van der Waals surface area contributed by atoms with Gasteiger partial charge in [-0.05, 0) is 42.8 Å². The van der Waals surface area contributed by atoms with Crippen LogP contribution in [0.5, 0.6) is 11.5 Å². The predicted molar refractivity (Wildman–Crippen MR) is 91.3 cm³/mol. The first kappa shape index (κ1) is 16.8. The summed E-state index contributed by atoms with van der Waals surface area (Å²) in [5.41, 5.74) is 3.54. The Bertz CT molecular complexity index is 905. The van der Waals surface area contributed by atoms with Gasteiger partial charge in [0.2, 0.25) is 18.0 Å². The van der Waals surface area contributed by atoms with Gasteiger partial charge in [0.25, 0.3) is 0 Å². The number of rotatable bonds is 3. The third kappa shape index (κ3) is 3.11. The van der Waals surface area contributed by atoms with E-state index in [0.29, 0.717) is 6.79 Å². The highest BCUT2D eigenvalue weighted by Gasteiger charge is 2.13. The summed E-state index contributed by atoms with van der Waals surface area (Å²) < 4.78 is 13.1. The van der Waals surface area contributed by atoms with Gasteiger partial charge in [0.1, 0.15) is 6.54 Å². The summed E-state index contributed by atoms with van der Waals surface area (Å²) in [6.45, 7) is 3.41. The number of nitrogens with zero attached hydrogens (tertiary/aromatic N) is 1. The lowest BCUT2D eigenvalue weighted by Gasteiger charge is -2.03. The maximum atomic E-state index is 5.43. The number of aryl methyl sites for hydroxylation is 1. The summed E-state index contributed by atoms with van der Waals surface area (Å²) in [5.74, 6) is 1.63. The second-order valence-corrected chi connectivity index (χ2v) is 5.51. The molecule has 1 aliphatic rings. The van der Waals surface area contributed by atoms with E-state index in [4.69, 9.17) is 9.47 Å². The number of benzene rings is 2. The monoisotopic (exact) mass is 431 g/mol. The Balaban J connectivity index is 0.00000169. The molecule has 0 N–H and O–H groups in total. The number of hydrogen-bond donors (Lipinski definition) is 0. The summed E-state index contributed by atoms with van der Waals surface area (Å²) in [5, 5.41) is 1.26. The summed E-state index contributed by atoms with van der Waals surface area (Å²) in [7, 11) is 0. The summed E-state index contributed by atoms with van der Waals surface area (Å²) in [6, 6.07) is 18.8. The van der Waals surface area contributed by atoms with Crippen LogP contribution in [-0.2, 0) is 6.54 Å². The van der Waals surface area contributed by atoms with Gasteiger partial charge in [-0.2, -0.15) is 4.57 Å². The van der Waals surface area contributed by atoms with Crippen LogP contribution in [0, 0.1) is 0 Å². The zero-order chi connectivity index (χ0) is 15.6. The molecule has 1 aliphatic heterocycles. The Morgan fingerprint density at radius 1 is 0.958 bits per heavy atom. The second-order valence-electron chi connectivity index (χ2n) is 5.51. The molecule has 0 spiro atoms. The SMILES string of the molecule is CC[n+]1c(/C=C\c2ccc3c(c2)OCO3)ccc2ccccc21.[I-]. The van der Waals surface area contributed by atoms with Crippen LogP contribution in [0.25, 0.3) is 23.1 Å². The van der Waals surface area contributed by atoms with Gasteiger partial charge in [0.05, 0.1) is 0 Å². The van der Waals surface area contributed by atoms with Gasteiger partial charge in [-0.25, -0.2) is 0 Å². The van der Waals surface area contributed by atoms with Crippen molar-refractivity contribution in [2.75, 3.05) is 6.79 Å². The van der Waals surface area contributed by atoms with Crippen LogP contribution in [0.15, 0.2) is 54.6 Å². The Labute approximate surface area is 158 Å². The highest BCUT2D eigenvalue weighted by molar-refractivity contribution is 5.77. The first-order valence-corrected chi connectivity index (χ1v) is 7.84. The lowest BCUT2D eigenvalue weighted by Crippen LogP contribution is -3.00. The number of ether oxygens (including phenoxy) is 2. The van der Waals surface area contributed by atoms with Crippen molar-refractivity contribution in [3.8, 4) is 11.5 Å². The van der Waals surface area contributed by atoms with Crippen molar-refractivity contribution in [1.29, 1.82) is 0 Å². The third-order valence-electron chi connectivity index (χ3n) is 4.13. The molecule has 2 heterocycles. The molecule has 0 amide bonds. The van der Waals surface area contributed by atoms with Crippen LogP contribution in [0.1, 0.15) is 18.2 Å². The molecule has 122 valence electrons. The lowest BCUT2D eigenvalue weighted by atomic mass is 10.1. The Kier molecular flexibility index (Phi) is 5.04. The fraction of sp³-hybridized carbons (Fsp3) is 0.150. The number of fused-ring (bicyclic) bond motifs is 2. The van der Waals surface area contributed by atoms with Crippen molar-refractivity contribution in [3.63, 3.8) is 0 Å². The molecule has 0 saturated heterocycles. The molecule has 4 rings (SSSR count). The second kappa shape index (κ2) is 7.21. The topological polar surface area (TPSA) is 22.3 Å². The quantitative estimate of drug-likeness (QED) is 0.457. The van der Waals surface area contributed by atoms with Crippen LogP contribution in [-0.4, -0.2) is 6.79 Å². The normalized spacial score (nSPS) is 12.5. The van der Waals surface area contributed by atoms with Crippen LogP contribution in [0.2, 0.25) is 0 Å². The van der Waals surface area contributed by atoms with Crippen molar-refractivity contribution in [2.24, 2.45) is 0 Å². The minimum atomic E-state index is 0. The highest BCUT2D eigenvalue weighted by atomic mass is 127. The fourth-order valence-electron chi connectivity index (χ4n) is 2.98. The molecule has 2 aromatic carbocycles. The predicted octanol–water partition coefficient (Wildman–Crippen LogP) is 1.05. The maximum absolute atomic E-state index is 5.43. The van der Waals surface area contributed by atoms with Crippen LogP contribution in [0.3, 0.4) is 0 Å². The van der Waals surface area contributed by atoms with E-state index in [0.717, 1.165) is 23.6 Å². The van der Waals surface area contributed by atoms with Crippen LogP contribution >= 0.6 is 0 Å². The maximum Gasteiger partial charge on any atom is 0.231 e. The standard InChI is InChI=1S/C20H18NO2.HI/c1-2-21-17(11-9-16-5-3-4-6-18(16)21)10-7-15-8-12-19-20(13-15)23-14-22-19;/h3-13H,2,14H2,1H3;1H/q+1;/p-1/b10-7-;. The van der Waals surface area contributed by atoms with E-state index in [1.807, 2.05) is 18.2 Å². The van der Waals surface area contributed by atoms with Crippen molar-refractivity contribution in [1.82, 2.24) is 0 Å². The first-order chi connectivity index (χ1) is 11.3. The molecule has 3 nitrogen and oxygen atoms in total. The van der Waals surface area contributed by atoms with E-state index in [2.05, 4.69) is 60.0 Å². The number of para-hydroxylation sites is 1. The molecule has 3 aromatic rings. The number of halogens is 1. The molecule has 0 bridgehead atoms. The van der Waals surface area contributed by atoms with Crippen molar-refractivity contribution in [3.05, 3.63) is 65.9 Å². The Morgan fingerprint density at radius 3 is 2.67 bits per heavy atom. The number of pyridine rings is 1. The molecule has 0 fully saturated rings. The van der Waals surface area contributed by atoms with Gasteiger partial charge in [-0.15, -0.1) is 0 Å². The van der Waals surface area contributed by atoms with Gasteiger partial charge in [0.15, 0.2) is 11.5 Å². The minimum Gasteiger partial charge on any atom is -1.00 e. The van der Waals surface area contributed by atoms with Crippen molar-refractivity contribution in [2.45, 2.75) is 13.5 Å². The number of hydrogen-bond acceptors (Lipinski definition) is 2. The van der Waals surface area contributed by atoms with E-state index in [-0.39, 0.29) is 24.0 Å². The zero-order valence-corrected chi connectivity index (χ0v) is 15.6. The largest absolute Gasteiger partial charge is 1.00 e. The molecule has 1 aromatic heterocycles. The van der Waals surface area contributed by atoms with Gasteiger partial charge in [-0.3, -0.25) is 0 Å². The van der Waals surface area contributed by atoms with Crippen LogP contribution < -0.4 is 38.0 Å². The molecule has 0 unspecified atom stereocenters. The molecule has 24 heavy (non-hydrogen) atoms. The fourth-order valence-corrected chi connectivity index (χ4v) is 2.98. The van der Waals surface area contributed by atoms with E-state index < -0.39 is 0 Å². The van der Waals surface area contributed by atoms with Gasteiger partial charge in [0, 0.05) is 23.6 Å². The van der Waals surface area contributed by atoms with Gasteiger partial charge in [-0.1, -0.05) is 18.2 Å². The Morgan fingerprint density at radius 2 is 1.79 bits per heavy atom. The first-order valence-electron chi connectivity index (χ1n) is 7.84. The van der Waals surface area contributed by atoms with Crippen LogP contribution in [0.4, 0.5) is 0 Å². The third-order valence-corrected chi connectivity index (χ3v) is 4.13. The summed E-state index contributed by atoms with van der Waals surface area (Å²) in [6.07, 6.45) is 4.26. The van der Waals surface area contributed by atoms with E-state index in [1.54, 1.807) is 0 Å². The Hall–Kier alpha value is -2.08. The van der Waals surface area contributed by atoms with E-state index in [1.165, 1.54) is 16.6 Å². The van der Waals surface area contributed by atoms with E-state index >= 15 is 0 Å².